The number of ether oxygens (including phenoxy) is 1. The van der Waals surface area contributed by atoms with Crippen molar-refractivity contribution in [1.29, 1.82) is 0 Å². The molecule has 1 aliphatic heterocycles. The predicted molar refractivity (Wildman–Crippen MR) is 70.3 cm³/mol. The molecule has 1 saturated heterocycles. The second kappa shape index (κ2) is 7.31. The number of likely N-dealkylation sites (N-methyl/N-ethyl adjacent to an activating group) is 2. The molecule has 0 aromatic heterocycles. The third kappa shape index (κ3) is 4.92. The summed E-state index contributed by atoms with van der Waals surface area (Å²) in [7, 11) is 1.91. The smallest absolute Gasteiger partial charge is 0.0702 e. The van der Waals surface area contributed by atoms with Gasteiger partial charge in [-0.15, -0.1) is 0 Å². The molecular formula is C13H28N2O2. The quantitative estimate of drug-likeness (QED) is 0.664. The van der Waals surface area contributed by atoms with Crippen LogP contribution in [0, 0.1) is 0 Å². The second-order valence-corrected chi connectivity index (χ2v) is 5.25. The zero-order valence-corrected chi connectivity index (χ0v) is 11.5. The zero-order chi connectivity index (χ0) is 12.7. The van der Waals surface area contributed by atoms with Gasteiger partial charge < -0.3 is 20.1 Å². The predicted octanol–water partition coefficient (Wildman–Crippen LogP) is 0.848. The molecular weight excluding hydrogens is 216 g/mol. The molecule has 0 radical (unpaired) electrons. The van der Waals surface area contributed by atoms with E-state index in [4.69, 9.17) is 4.74 Å². The summed E-state index contributed by atoms with van der Waals surface area (Å²) < 4.78 is 5.66. The molecule has 0 bridgehead atoms. The van der Waals surface area contributed by atoms with Crippen molar-refractivity contribution in [2.75, 3.05) is 39.9 Å². The number of aliphatic hydroxyl groups is 1. The van der Waals surface area contributed by atoms with Crippen LogP contribution in [-0.4, -0.2) is 61.5 Å². The maximum Gasteiger partial charge on any atom is 0.0702 e. The average Bonchev–Trinajstić information content (AvgIpc) is 2.86. The van der Waals surface area contributed by atoms with E-state index in [0.717, 1.165) is 32.7 Å². The van der Waals surface area contributed by atoms with Gasteiger partial charge in [0.05, 0.1) is 12.7 Å². The summed E-state index contributed by atoms with van der Waals surface area (Å²) in [6, 6.07) is 0. The van der Waals surface area contributed by atoms with Gasteiger partial charge in [0.1, 0.15) is 0 Å². The van der Waals surface area contributed by atoms with E-state index in [1.807, 2.05) is 7.05 Å². The summed E-state index contributed by atoms with van der Waals surface area (Å²) >= 11 is 0. The second-order valence-electron chi connectivity index (χ2n) is 5.25. The monoisotopic (exact) mass is 244 g/mol. The summed E-state index contributed by atoms with van der Waals surface area (Å²) in [6.45, 7) is 8.44. The fourth-order valence-electron chi connectivity index (χ4n) is 2.14. The Bertz CT molecular complexity index is 202. The summed E-state index contributed by atoms with van der Waals surface area (Å²) in [5.41, 5.74) is -0.163. The normalized spacial score (nSPS) is 24.2. The van der Waals surface area contributed by atoms with Gasteiger partial charge in [-0.05, 0) is 39.8 Å². The topological polar surface area (TPSA) is 44.7 Å². The molecule has 0 saturated carbocycles. The third-order valence-electron chi connectivity index (χ3n) is 3.87. The van der Waals surface area contributed by atoms with Crippen LogP contribution < -0.4 is 5.32 Å². The van der Waals surface area contributed by atoms with E-state index in [2.05, 4.69) is 24.1 Å². The number of nitrogens with one attached hydrogen (secondary N) is 1. The van der Waals surface area contributed by atoms with Gasteiger partial charge in [0.25, 0.3) is 0 Å². The van der Waals surface area contributed by atoms with Crippen molar-refractivity contribution in [3.05, 3.63) is 0 Å². The molecule has 0 aromatic rings. The average molecular weight is 244 g/mol. The third-order valence-corrected chi connectivity index (χ3v) is 3.87. The molecule has 17 heavy (non-hydrogen) atoms. The fourth-order valence-corrected chi connectivity index (χ4v) is 2.14. The van der Waals surface area contributed by atoms with Crippen molar-refractivity contribution in [3.8, 4) is 0 Å². The Hall–Kier alpha value is -0.160. The van der Waals surface area contributed by atoms with Gasteiger partial charge in [0.2, 0.25) is 0 Å². The first-order chi connectivity index (χ1) is 8.13. The Morgan fingerprint density at radius 1 is 1.53 bits per heavy atom. The van der Waals surface area contributed by atoms with Crippen molar-refractivity contribution in [3.63, 3.8) is 0 Å². The lowest BCUT2D eigenvalue weighted by molar-refractivity contribution is 0.0688. The summed E-state index contributed by atoms with van der Waals surface area (Å²) in [4.78, 5) is 2.42. The standard InChI is InChI=1S/C13H28N2O2/c1-4-15(10-12-6-5-9-17-12)8-7-13(2,11-16)14-3/h12,14,16H,4-11H2,1-3H3. The minimum atomic E-state index is -0.163. The van der Waals surface area contributed by atoms with Crippen LogP contribution in [0.2, 0.25) is 0 Å². The molecule has 0 amide bonds. The summed E-state index contributed by atoms with van der Waals surface area (Å²) in [5, 5.41) is 12.5. The summed E-state index contributed by atoms with van der Waals surface area (Å²) in [5.74, 6) is 0. The Morgan fingerprint density at radius 3 is 2.76 bits per heavy atom. The minimum Gasteiger partial charge on any atom is -0.394 e. The summed E-state index contributed by atoms with van der Waals surface area (Å²) in [6.07, 6.45) is 3.78. The highest BCUT2D eigenvalue weighted by Gasteiger charge is 2.23. The van der Waals surface area contributed by atoms with E-state index in [-0.39, 0.29) is 12.1 Å². The number of nitrogens with zero attached hydrogens (tertiary/aromatic N) is 1. The van der Waals surface area contributed by atoms with Crippen molar-refractivity contribution < 1.29 is 9.84 Å². The number of hydrogen-bond acceptors (Lipinski definition) is 4. The van der Waals surface area contributed by atoms with Gasteiger partial charge >= 0.3 is 0 Å². The van der Waals surface area contributed by atoms with Crippen LogP contribution in [-0.2, 0) is 4.74 Å². The van der Waals surface area contributed by atoms with E-state index in [1.54, 1.807) is 0 Å². The molecule has 1 aliphatic rings. The largest absolute Gasteiger partial charge is 0.394 e. The van der Waals surface area contributed by atoms with Crippen LogP contribution in [0.3, 0.4) is 0 Å². The molecule has 4 heteroatoms. The van der Waals surface area contributed by atoms with Gasteiger partial charge in [-0.3, -0.25) is 0 Å². The maximum atomic E-state index is 9.35. The molecule has 2 N–H and O–H groups in total. The van der Waals surface area contributed by atoms with Crippen molar-refractivity contribution in [2.45, 2.75) is 44.8 Å². The van der Waals surface area contributed by atoms with Gasteiger partial charge in [0, 0.05) is 25.2 Å². The zero-order valence-electron chi connectivity index (χ0n) is 11.5. The van der Waals surface area contributed by atoms with Crippen molar-refractivity contribution in [2.24, 2.45) is 0 Å². The van der Waals surface area contributed by atoms with Gasteiger partial charge in [-0.1, -0.05) is 6.92 Å². The first-order valence-electron chi connectivity index (χ1n) is 6.77. The Labute approximate surface area is 105 Å². The first-order valence-corrected chi connectivity index (χ1v) is 6.77. The van der Waals surface area contributed by atoms with Crippen LogP contribution in [0.5, 0.6) is 0 Å². The maximum absolute atomic E-state index is 9.35. The van der Waals surface area contributed by atoms with Crippen LogP contribution in [0.4, 0.5) is 0 Å². The van der Waals surface area contributed by atoms with E-state index in [0.29, 0.717) is 6.10 Å². The van der Waals surface area contributed by atoms with E-state index in [1.165, 1.54) is 12.8 Å². The van der Waals surface area contributed by atoms with Gasteiger partial charge in [-0.25, -0.2) is 0 Å². The Morgan fingerprint density at radius 2 is 2.29 bits per heavy atom. The van der Waals surface area contributed by atoms with Crippen LogP contribution in [0.1, 0.15) is 33.1 Å². The lowest BCUT2D eigenvalue weighted by Gasteiger charge is -2.31. The molecule has 1 heterocycles. The number of rotatable bonds is 8. The highest BCUT2D eigenvalue weighted by molar-refractivity contribution is 4.82. The first kappa shape index (κ1) is 14.9. The molecule has 1 fully saturated rings. The van der Waals surface area contributed by atoms with E-state index < -0.39 is 0 Å². The molecule has 2 atom stereocenters. The molecule has 0 aromatic carbocycles. The molecule has 102 valence electrons. The van der Waals surface area contributed by atoms with E-state index in [9.17, 15) is 5.11 Å². The SMILES string of the molecule is CCN(CCC(C)(CO)NC)CC1CCCO1. The number of hydrogen-bond donors (Lipinski definition) is 2. The van der Waals surface area contributed by atoms with Crippen molar-refractivity contribution in [1.82, 2.24) is 10.2 Å². The highest BCUT2D eigenvalue weighted by Crippen LogP contribution is 2.15. The molecule has 1 rings (SSSR count). The lowest BCUT2D eigenvalue weighted by atomic mass is 9.99. The molecule has 0 aliphatic carbocycles. The van der Waals surface area contributed by atoms with Crippen LogP contribution in [0.25, 0.3) is 0 Å². The molecule has 2 unspecified atom stereocenters. The van der Waals surface area contributed by atoms with Crippen molar-refractivity contribution >= 4 is 0 Å². The Balaban J connectivity index is 2.30. The fraction of sp³-hybridized carbons (Fsp3) is 1.00. The number of aliphatic hydroxyl groups excluding tert-OH is 1. The van der Waals surface area contributed by atoms with Crippen LogP contribution >= 0.6 is 0 Å². The Kier molecular flexibility index (Phi) is 6.41. The highest BCUT2D eigenvalue weighted by atomic mass is 16.5. The molecule has 0 spiro atoms. The van der Waals surface area contributed by atoms with Gasteiger partial charge in [0.15, 0.2) is 0 Å². The van der Waals surface area contributed by atoms with E-state index >= 15 is 0 Å². The van der Waals surface area contributed by atoms with Crippen LogP contribution in [0.15, 0.2) is 0 Å². The van der Waals surface area contributed by atoms with Gasteiger partial charge in [-0.2, -0.15) is 0 Å². The lowest BCUT2D eigenvalue weighted by Crippen LogP contribution is -2.46. The minimum absolute atomic E-state index is 0.163. The molecule has 4 nitrogen and oxygen atoms in total.